The lowest BCUT2D eigenvalue weighted by Crippen LogP contribution is -2.11. The molecule has 0 aliphatic heterocycles. The SMILES string of the molecule is Nc1nc(NCCc2ccccc2)ncc1Cc1ccc(F)c(C(F)(F)F)c1. The second-order valence-electron chi connectivity index (χ2n) is 6.26. The van der Waals surface area contributed by atoms with E-state index in [0.29, 0.717) is 18.1 Å². The lowest BCUT2D eigenvalue weighted by atomic mass is 10.0. The lowest BCUT2D eigenvalue weighted by Gasteiger charge is -2.11. The van der Waals surface area contributed by atoms with Crippen molar-refractivity contribution in [1.29, 1.82) is 0 Å². The molecule has 0 aliphatic rings. The second kappa shape index (κ2) is 8.24. The summed E-state index contributed by atoms with van der Waals surface area (Å²) in [6.07, 6.45) is -2.44. The Hall–Kier alpha value is -3.16. The summed E-state index contributed by atoms with van der Waals surface area (Å²) in [6, 6.07) is 12.7. The molecule has 3 aromatic rings. The van der Waals surface area contributed by atoms with Crippen LogP contribution in [0.5, 0.6) is 0 Å². The highest BCUT2D eigenvalue weighted by molar-refractivity contribution is 5.46. The van der Waals surface area contributed by atoms with Gasteiger partial charge in [-0.1, -0.05) is 36.4 Å². The molecule has 0 fully saturated rings. The Labute approximate surface area is 159 Å². The van der Waals surface area contributed by atoms with E-state index in [4.69, 9.17) is 5.73 Å². The molecule has 3 N–H and O–H groups in total. The monoisotopic (exact) mass is 390 g/mol. The van der Waals surface area contributed by atoms with E-state index in [1.165, 1.54) is 12.3 Å². The van der Waals surface area contributed by atoms with Gasteiger partial charge in [-0.2, -0.15) is 18.2 Å². The lowest BCUT2D eigenvalue weighted by molar-refractivity contribution is -0.140. The number of nitrogens with one attached hydrogen (secondary N) is 1. The van der Waals surface area contributed by atoms with Crippen LogP contribution in [-0.2, 0) is 19.0 Å². The predicted molar refractivity (Wildman–Crippen MR) is 99.3 cm³/mol. The molecule has 0 amide bonds. The summed E-state index contributed by atoms with van der Waals surface area (Å²) in [5.74, 6) is -0.805. The Balaban J connectivity index is 1.66. The fourth-order valence-electron chi connectivity index (χ4n) is 2.72. The van der Waals surface area contributed by atoms with Gasteiger partial charge in [-0.3, -0.25) is 0 Å². The van der Waals surface area contributed by atoms with Crippen LogP contribution in [0.25, 0.3) is 0 Å². The molecule has 28 heavy (non-hydrogen) atoms. The van der Waals surface area contributed by atoms with Gasteiger partial charge in [0.05, 0.1) is 5.56 Å². The first-order valence-electron chi connectivity index (χ1n) is 8.58. The number of nitrogen functional groups attached to an aromatic ring is 1. The minimum Gasteiger partial charge on any atom is -0.383 e. The third kappa shape index (κ3) is 4.97. The molecule has 0 radical (unpaired) electrons. The van der Waals surface area contributed by atoms with Crippen LogP contribution in [-0.4, -0.2) is 16.5 Å². The molecule has 0 spiro atoms. The highest BCUT2D eigenvalue weighted by Crippen LogP contribution is 2.32. The molecule has 1 aromatic heterocycles. The first-order chi connectivity index (χ1) is 13.3. The molecule has 0 aliphatic carbocycles. The van der Waals surface area contributed by atoms with Crippen molar-refractivity contribution in [2.75, 3.05) is 17.6 Å². The van der Waals surface area contributed by atoms with Crippen molar-refractivity contribution >= 4 is 11.8 Å². The number of aromatic nitrogens is 2. The van der Waals surface area contributed by atoms with Crippen molar-refractivity contribution in [3.8, 4) is 0 Å². The predicted octanol–water partition coefficient (Wildman–Crippen LogP) is 4.46. The maximum atomic E-state index is 13.4. The zero-order chi connectivity index (χ0) is 20.1. The van der Waals surface area contributed by atoms with Crippen molar-refractivity contribution in [2.45, 2.75) is 19.0 Å². The van der Waals surface area contributed by atoms with Crippen LogP contribution >= 0.6 is 0 Å². The van der Waals surface area contributed by atoms with E-state index in [1.54, 1.807) is 0 Å². The average Bonchev–Trinajstić information content (AvgIpc) is 2.65. The minimum absolute atomic E-state index is 0.0689. The Bertz CT molecular complexity index is 943. The number of anilines is 2. The molecule has 0 atom stereocenters. The largest absolute Gasteiger partial charge is 0.419 e. The van der Waals surface area contributed by atoms with Crippen molar-refractivity contribution in [2.24, 2.45) is 0 Å². The van der Waals surface area contributed by atoms with E-state index >= 15 is 0 Å². The fraction of sp³-hybridized carbons (Fsp3) is 0.200. The van der Waals surface area contributed by atoms with E-state index in [0.717, 1.165) is 24.1 Å². The normalized spacial score (nSPS) is 11.4. The molecule has 1 heterocycles. The highest BCUT2D eigenvalue weighted by Gasteiger charge is 2.34. The Morgan fingerprint density at radius 1 is 1.00 bits per heavy atom. The van der Waals surface area contributed by atoms with Crippen molar-refractivity contribution in [1.82, 2.24) is 9.97 Å². The number of alkyl halides is 3. The highest BCUT2D eigenvalue weighted by atomic mass is 19.4. The van der Waals surface area contributed by atoms with Gasteiger partial charge < -0.3 is 11.1 Å². The number of nitrogens with two attached hydrogens (primary N) is 1. The molecule has 4 nitrogen and oxygen atoms in total. The van der Waals surface area contributed by atoms with Crippen LogP contribution in [0.1, 0.15) is 22.3 Å². The zero-order valence-electron chi connectivity index (χ0n) is 14.8. The van der Waals surface area contributed by atoms with Gasteiger partial charge in [-0.05, 0) is 29.7 Å². The van der Waals surface area contributed by atoms with Crippen molar-refractivity contribution in [3.05, 3.63) is 82.8 Å². The Morgan fingerprint density at radius 3 is 2.43 bits per heavy atom. The number of hydrogen-bond donors (Lipinski definition) is 2. The first kappa shape index (κ1) is 19.6. The smallest absolute Gasteiger partial charge is 0.383 e. The summed E-state index contributed by atoms with van der Waals surface area (Å²) >= 11 is 0. The van der Waals surface area contributed by atoms with Gasteiger partial charge in [0, 0.05) is 24.7 Å². The topological polar surface area (TPSA) is 63.8 Å². The minimum atomic E-state index is -4.76. The molecule has 8 heteroatoms. The summed E-state index contributed by atoms with van der Waals surface area (Å²) in [4.78, 5) is 8.31. The van der Waals surface area contributed by atoms with Crippen LogP contribution in [0.2, 0.25) is 0 Å². The van der Waals surface area contributed by atoms with Crippen molar-refractivity contribution < 1.29 is 17.6 Å². The van der Waals surface area contributed by atoms with Gasteiger partial charge in [0.15, 0.2) is 0 Å². The number of benzene rings is 2. The molecule has 0 saturated heterocycles. The van der Waals surface area contributed by atoms with E-state index < -0.39 is 17.6 Å². The van der Waals surface area contributed by atoms with Crippen LogP contribution in [0, 0.1) is 5.82 Å². The number of halogens is 4. The van der Waals surface area contributed by atoms with Gasteiger partial charge in [-0.15, -0.1) is 0 Å². The second-order valence-corrected chi connectivity index (χ2v) is 6.26. The average molecular weight is 390 g/mol. The molecule has 0 bridgehead atoms. The van der Waals surface area contributed by atoms with E-state index in [2.05, 4.69) is 15.3 Å². The van der Waals surface area contributed by atoms with Gasteiger partial charge in [-0.25, -0.2) is 9.37 Å². The molecule has 0 unspecified atom stereocenters. The van der Waals surface area contributed by atoms with Crippen LogP contribution in [0.4, 0.5) is 29.3 Å². The van der Waals surface area contributed by atoms with E-state index in [9.17, 15) is 17.6 Å². The molecular weight excluding hydrogens is 372 g/mol. The third-order valence-corrected chi connectivity index (χ3v) is 4.17. The number of nitrogens with zero attached hydrogens (tertiary/aromatic N) is 2. The molecule has 3 rings (SSSR count). The quantitative estimate of drug-likeness (QED) is 0.610. The van der Waals surface area contributed by atoms with Crippen molar-refractivity contribution in [3.63, 3.8) is 0 Å². The summed E-state index contributed by atoms with van der Waals surface area (Å²) in [6.45, 7) is 0.607. The van der Waals surface area contributed by atoms with Gasteiger partial charge >= 0.3 is 6.18 Å². The Morgan fingerprint density at radius 2 is 1.75 bits per heavy atom. The van der Waals surface area contributed by atoms with E-state index in [-0.39, 0.29) is 17.8 Å². The molecule has 0 saturated carbocycles. The summed E-state index contributed by atoms with van der Waals surface area (Å²) in [7, 11) is 0. The fourth-order valence-corrected chi connectivity index (χ4v) is 2.72. The number of rotatable bonds is 6. The molecular formula is C20H18F4N4. The first-order valence-corrected chi connectivity index (χ1v) is 8.58. The maximum Gasteiger partial charge on any atom is 0.419 e. The zero-order valence-corrected chi connectivity index (χ0v) is 14.8. The van der Waals surface area contributed by atoms with Crippen LogP contribution in [0.3, 0.4) is 0 Å². The summed E-state index contributed by atoms with van der Waals surface area (Å²) in [5, 5.41) is 3.06. The van der Waals surface area contributed by atoms with Gasteiger partial charge in [0.2, 0.25) is 5.95 Å². The van der Waals surface area contributed by atoms with E-state index in [1.807, 2.05) is 30.3 Å². The third-order valence-electron chi connectivity index (χ3n) is 4.17. The molecule has 146 valence electrons. The Kier molecular flexibility index (Phi) is 5.77. The van der Waals surface area contributed by atoms with Gasteiger partial charge in [0.1, 0.15) is 11.6 Å². The standard InChI is InChI=1S/C20H18F4N4/c21-17-7-6-14(11-16(17)20(22,23)24)10-15-12-27-19(28-18(15)25)26-9-8-13-4-2-1-3-5-13/h1-7,11-12H,8-10H2,(H3,25,26,27,28). The summed E-state index contributed by atoms with van der Waals surface area (Å²) < 4.78 is 51.9. The molecule has 2 aromatic carbocycles. The maximum absolute atomic E-state index is 13.4. The van der Waals surface area contributed by atoms with Gasteiger partial charge in [0.25, 0.3) is 0 Å². The van der Waals surface area contributed by atoms with Crippen LogP contribution < -0.4 is 11.1 Å². The number of hydrogen-bond acceptors (Lipinski definition) is 4. The van der Waals surface area contributed by atoms with Crippen LogP contribution in [0.15, 0.2) is 54.7 Å². The summed E-state index contributed by atoms with van der Waals surface area (Å²) in [5.41, 5.74) is 6.52.